The molecule has 0 N–H and O–H groups in total. The molecule has 116 valence electrons. The van der Waals surface area contributed by atoms with Crippen LogP contribution in [-0.2, 0) is 0 Å². The summed E-state index contributed by atoms with van der Waals surface area (Å²) in [5.41, 5.74) is 0. The molecule has 0 aliphatic carbocycles. The number of nitrogens with zero attached hydrogens (tertiary/aromatic N) is 1. The summed E-state index contributed by atoms with van der Waals surface area (Å²) in [6.07, 6.45) is 1.70. The lowest BCUT2D eigenvalue weighted by Crippen LogP contribution is -2.09. The first-order valence-corrected chi connectivity index (χ1v) is 7.40. The van der Waals surface area contributed by atoms with Crippen molar-refractivity contribution in [1.82, 2.24) is 4.98 Å². The van der Waals surface area contributed by atoms with Gasteiger partial charge >= 0.3 is 0 Å². The van der Waals surface area contributed by atoms with E-state index in [9.17, 15) is 0 Å². The molecule has 1 aromatic heterocycles. The number of para-hydroxylation sites is 1. The normalized spacial score (nSPS) is 10.1. The third-order valence-electron chi connectivity index (χ3n) is 3.04. The van der Waals surface area contributed by atoms with Crippen LogP contribution in [0.5, 0.6) is 23.1 Å². The Morgan fingerprint density at radius 1 is 0.609 bits per heavy atom. The van der Waals surface area contributed by atoms with Crippen molar-refractivity contribution in [2.45, 2.75) is 0 Å². The van der Waals surface area contributed by atoms with Gasteiger partial charge in [0, 0.05) is 12.3 Å². The fraction of sp³-hybridized carbons (Fsp3) is 0.105. The number of hydrogen-bond donors (Lipinski definition) is 0. The van der Waals surface area contributed by atoms with E-state index < -0.39 is 0 Å². The Balaban J connectivity index is 1.44. The van der Waals surface area contributed by atoms with Gasteiger partial charge in [-0.15, -0.1) is 0 Å². The van der Waals surface area contributed by atoms with Crippen molar-refractivity contribution < 1.29 is 14.2 Å². The van der Waals surface area contributed by atoms with Crippen molar-refractivity contribution in [1.29, 1.82) is 0 Å². The summed E-state index contributed by atoms with van der Waals surface area (Å²) >= 11 is 0. The second-order valence-corrected chi connectivity index (χ2v) is 4.75. The number of hydrogen-bond acceptors (Lipinski definition) is 4. The van der Waals surface area contributed by atoms with E-state index in [0.29, 0.717) is 19.1 Å². The van der Waals surface area contributed by atoms with E-state index in [0.717, 1.165) is 17.2 Å². The zero-order valence-electron chi connectivity index (χ0n) is 12.6. The molecular weight excluding hydrogens is 290 g/mol. The van der Waals surface area contributed by atoms with Gasteiger partial charge in [-0.2, -0.15) is 0 Å². The summed E-state index contributed by atoms with van der Waals surface area (Å²) in [4.78, 5) is 4.08. The summed E-state index contributed by atoms with van der Waals surface area (Å²) in [7, 11) is 0. The minimum Gasteiger partial charge on any atom is -0.490 e. The number of benzene rings is 2. The van der Waals surface area contributed by atoms with Crippen LogP contribution in [0.4, 0.5) is 0 Å². The van der Waals surface area contributed by atoms with Crippen molar-refractivity contribution in [3.63, 3.8) is 0 Å². The molecule has 0 unspecified atom stereocenters. The minimum absolute atomic E-state index is 0.444. The second-order valence-electron chi connectivity index (χ2n) is 4.75. The molecule has 4 nitrogen and oxygen atoms in total. The lowest BCUT2D eigenvalue weighted by atomic mass is 10.3. The molecular formula is C19H17NO3. The summed E-state index contributed by atoms with van der Waals surface area (Å²) < 4.78 is 16.8. The highest BCUT2D eigenvalue weighted by molar-refractivity contribution is 5.35. The molecule has 0 radical (unpaired) electrons. The van der Waals surface area contributed by atoms with Gasteiger partial charge in [-0.1, -0.05) is 24.3 Å². The first-order valence-electron chi connectivity index (χ1n) is 7.40. The second kappa shape index (κ2) is 7.84. The standard InChI is InChI=1S/C19H17NO3/c1-2-6-17(7-3-1)23-18-11-9-16(10-12-18)21-14-15-22-19-8-4-5-13-20-19/h1-13H,14-15H2. The van der Waals surface area contributed by atoms with Crippen LogP contribution in [0, 0.1) is 0 Å². The van der Waals surface area contributed by atoms with E-state index >= 15 is 0 Å². The fourth-order valence-electron chi connectivity index (χ4n) is 1.97. The molecule has 1 heterocycles. The topological polar surface area (TPSA) is 40.6 Å². The number of rotatable bonds is 7. The number of ether oxygens (including phenoxy) is 3. The Morgan fingerprint density at radius 2 is 1.26 bits per heavy atom. The Labute approximate surface area is 135 Å². The van der Waals surface area contributed by atoms with Crippen LogP contribution >= 0.6 is 0 Å². The van der Waals surface area contributed by atoms with Gasteiger partial charge < -0.3 is 14.2 Å². The van der Waals surface area contributed by atoms with E-state index in [-0.39, 0.29) is 0 Å². The lowest BCUT2D eigenvalue weighted by molar-refractivity contribution is 0.212. The highest BCUT2D eigenvalue weighted by Gasteiger charge is 1.99. The summed E-state index contributed by atoms with van der Waals surface area (Å²) in [5, 5.41) is 0. The third kappa shape index (κ3) is 4.74. The van der Waals surface area contributed by atoms with Crippen molar-refractivity contribution in [3.05, 3.63) is 79.0 Å². The van der Waals surface area contributed by atoms with Crippen LogP contribution in [0.3, 0.4) is 0 Å². The molecule has 4 heteroatoms. The van der Waals surface area contributed by atoms with Gasteiger partial charge in [0.2, 0.25) is 5.88 Å². The zero-order valence-corrected chi connectivity index (χ0v) is 12.6. The predicted octanol–water partition coefficient (Wildman–Crippen LogP) is 4.33. The highest BCUT2D eigenvalue weighted by Crippen LogP contribution is 2.23. The molecule has 0 aliphatic rings. The lowest BCUT2D eigenvalue weighted by Gasteiger charge is -2.09. The molecule has 0 fully saturated rings. The first-order chi connectivity index (χ1) is 11.4. The summed E-state index contributed by atoms with van der Waals surface area (Å²) in [5.74, 6) is 2.95. The first kappa shape index (κ1) is 14.9. The minimum atomic E-state index is 0.444. The Hall–Kier alpha value is -3.01. The van der Waals surface area contributed by atoms with E-state index in [4.69, 9.17) is 14.2 Å². The maximum Gasteiger partial charge on any atom is 0.213 e. The van der Waals surface area contributed by atoms with Crippen LogP contribution in [0.2, 0.25) is 0 Å². The molecule has 0 atom stereocenters. The molecule has 0 amide bonds. The average molecular weight is 307 g/mol. The van der Waals surface area contributed by atoms with Crippen molar-refractivity contribution in [3.8, 4) is 23.1 Å². The third-order valence-corrected chi connectivity index (χ3v) is 3.04. The van der Waals surface area contributed by atoms with E-state index in [1.807, 2.05) is 72.8 Å². The molecule has 0 aliphatic heterocycles. The van der Waals surface area contributed by atoms with Crippen LogP contribution in [0.1, 0.15) is 0 Å². The fourth-order valence-corrected chi connectivity index (χ4v) is 1.97. The van der Waals surface area contributed by atoms with Gasteiger partial charge in [0.05, 0.1) is 0 Å². The molecule has 0 saturated carbocycles. The van der Waals surface area contributed by atoms with Crippen LogP contribution in [0.25, 0.3) is 0 Å². The number of aromatic nitrogens is 1. The summed E-state index contributed by atoms with van der Waals surface area (Å²) in [6, 6.07) is 22.7. The quantitative estimate of drug-likeness (QED) is 0.609. The monoisotopic (exact) mass is 307 g/mol. The van der Waals surface area contributed by atoms with Crippen LogP contribution in [0.15, 0.2) is 79.0 Å². The van der Waals surface area contributed by atoms with E-state index in [1.54, 1.807) is 6.20 Å². The molecule has 0 saturated heterocycles. The SMILES string of the molecule is c1ccc(Oc2ccc(OCCOc3ccccn3)cc2)cc1. The summed E-state index contributed by atoms with van der Waals surface area (Å²) in [6.45, 7) is 0.898. The van der Waals surface area contributed by atoms with E-state index in [2.05, 4.69) is 4.98 Å². The van der Waals surface area contributed by atoms with Gasteiger partial charge in [-0.05, 0) is 42.5 Å². The van der Waals surface area contributed by atoms with Gasteiger partial charge in [0.15, 0.2) is 0 Å². The smallest absolute Gasteiger partial charge is 0.213 e. The Kier molecular flexibility index (Phi) is 5.08. The van der Waals surface area contributed by atoms with Gasteiger partial charge in [0.1, 0.15) is 30.5 Å². The highest BCUT2D eigenvalue weighted by atomic mass is 16.5. The van der Waals surface area contributed by atoms with Gasteiger partial charge in [-0.25, -0.2) is 4.98 Å². The molecule has 0 bridgehead atoms. The zero-order chi connectivity index (χ0) is 15.7. The van der Waals surface area contributed by atoms with Gasteiger partial charge in [-0.3, -0.25) is 0 Å². The van der Waals surface area contributed by atoms with E-state index in [1.165, 1.54) is 0 Å². The van der Waals surface area contributed by atoms with Gasteiger partial charge in [0.25, 0.3) is 0 Å². The van der Waals surface area contributed by atoms with Crippen molar-refractivity contribution >= 4 is 0 Å². The molecule has 3 aromatic rings. The van der Waals surface area contributed by atoms with Crippen LogP contribution < -0.4 is 14.2 Å². The maximum absolute atomic E-state index is 5.73. The van der Waals surface area contributed by atoms with Crippen molar-refractivity contribution in [2.24, 2.45) is 0 Å². The van der Waals surface area contributed by atoms with Crippen LogP contribution in [-0.4, -0.2) is 18.2 Å². The average Bonchev–Trinajstić information content (AvgIpc) is 2.62. The molecule has 23 heavy (non-hydrogen) atoms. The maximum atomic E-state index is 5.73. The molecule has 3 rings (SSSR count). The largest absolute Gasteiger partial charge is 0.490 e. The number of pyridine rings is 1. The molecule has 0 spiro atoms. The van der Waals surface area contributed by atoms with Crippen molar-refractivity contribution in [2.75, 3.05) is 13.2 Å². The Morgan fingerprint density at radius 3 is 2.00 bits per heavy atom. The Bertz CT molecular complexity index is 700. The molecule has 2 aromatic carbocycles. The predicted molar refractivity (Wildman–Crippen MR) is 88.2 cm³/mol.